The average Bonchev–Trinajstić information content (AvgIpc) is 2.66. The van der Waals surface area contributed by atoms with Gasteiger partial charge in [0.1, 0.15) is 0 Å². The second kappa shape index (κ2) is 4.49. The van der Waals surface area contributed by atoms with Crippen LogP contribution in [0.4, 0.5) is 0 Å². The number of hydrogen-bond acceptors (Lipinski definition) is 3. The van der Waals surface area contributed by atoms with Crippen molar-refractivity contribution in [3.63, 3.8) is 0 Å². The lowest BCUT2D eigenvalue weighted by Crippen LogP contribution is -2.45. The summed E-state index contributed by atoms with van der Waals surface area (Å²) in [5.74, 6) is -0.751. The number of aliphatic carboxylic acids is 1. The highest BCUT2D eigenvalue weighted by molar-refractivity contribution is 5.70. The molecule has 0 aromatic rings. The van der Waals surface area contributed by atoms with E-state index in [4.69, 9.17) is 5.11 Å². The van der Waals surface area contributed by atoms with Crippen LogP contribution in [-0.4, -0.2) is 60.1 Å². The van der Waals surface area contributed by atoms with E-state index in [0.717, 1.165) is 26.1 Å². The lowest BCUT2D eigenvalue weighted by atomic mass is 10.0. The highest BCUT2D eigenvalue weighted by atomic mass is 16.4. The highest BCUT2D eigenvalue weighted by Gasteiger charge is 2.33. The number of carbonyl (C=O) groups is 1. The van der Waals surface area contributed by atoms with Gasteiger partial charge in [0, 0.05) is 19.1 Å². The zero-order valence-electron chi connectivity index (χ0n) is 9.35. The van der Waals surface area contributed by atoms with Gasteiger partial charge in [-0.1, -0.05) is 0 Å². The molecule has 0 aromatic carbocycles. The zero-order chi connectivity index (χ0) is 10.8. The number of rotatable bonds is 2. The Labute approximate surface area is 90.9 Å². The Bertz CT molecular complexity index is 245. The lowest BCUT2D eigenvalue weighted by molar-refractivity contribution is -0.141. The molecule has 15 heavy (non-hydrogen) atoms. The third-order valence-electron chi connectivity index (χ3n) is 3.68. The fourth-order valence-corrected chi connectivity index (χ4v) is 2.76. The van der Waals surface area contributed by atoms with Crippen molar-refractivity contribution >= 4 is 5.97 Å². The summed E-state index contributed by atoms with van der Waals surface area (Å²) in [6.07, 6.45) is 3.31. The van der Waals surface area contributed by atoms with Crippen molar-refractivity contribution in [2.45, 2.75) is 25.3 Å². The first-order valence-electron chi connectivity index (χ1n) is 5.82. The summed E-state index contributed by atoms with van der Waals surface area (Å²) in [6, 6.07) is 0.591. The van der Waals surface area contributed by atoms with Gasteiger partial charge in [0.2, 0.25) is 0 Å². The van der Waals surface area contributed by atoms with Crippen molar-refractivity contribution in [2.24, 2.45) is 5.92 Å². The van der Waals surface area contributed by atoms with Crippen LogP contribution in [0.3, 0.4) is 0 Å². The van der Waals surface area contributed by atoms with Crippen LogP contribution in [0.1, 0.15) is 19.3 Å². The molecule has 2 rings (SSSR count). The molecule has 2 saturated heterocycles. The quantitative estimate of drug-likeness (QED) is 0.723. The second-order valence-electron chi connectivity index (χ2n) is 4.88. The largest absolute Gasteiger partial charge is 0.481 e. The van der Waals surface area contributed by atoms with Gasteiger partial charge in [-0.3, -0.25) is 9.69 Å². The minimum Gasteiger partial charge on any atom is -0.481 e. The molecule has 2 atom stereocenters. The van der Waals surface area contributed by atoms with E-state index < -0.39 is 5.97 Å². The zero-order valence-corrected chi connectivity index (χ0v) is 9.35. The summed E-state index contributed by atoms with van der Waals surface area (Å²) < 4.78 is 0. The van der Waals surface area contributed by atoms with Crippen LogP contribution in [0.15, 0.2) is 0 Å². The highest BCUT2D eigenvalue weighted by Crippen LogP contribution is 2.23. The number of carboxylic acid groups (broad SMARTS) is 1. The predicted molar refractivity (Wildman–Crippen MR) is 57.8 cm³/mol. The number of hydrogen-bond donors (Lipinski definition) is 1. The molecule has 86 valence electrons. The summed E-state index contributed by atoms with van der Waals surface area (Å²) in [7, 11) is 2.15. The topological polar surface area (TPSA) is 43.8 Å². The standard InChI is InChI=1S/C11H20N2O2/c1-12-5-2-3-10(8-12)13-6-4-9(7-13)11(14)15/h9-10H,2-8H2,1H3,(H,14,15). The van der Waals surface area contributed by atoms with Crippen LogP contribution in [0.25, 0.3) is 0 Å². The molecule has 0 aromatic heterocycles. The average molecular weight is 212 g/mol. The number of carboxylic acids is 1. The Morgan fingerprint density at radius 2 is 2.07 bits per heavy atom. The monoisotopic (exact) mass is 212 g/mol. The van der Waals surface area contributed by atoms with E-state index in [2.05, 4.69) is 16.8 Å². The van der Waals surface area contributed by atoms with Gasteiger partial charge in [0.05, 0.1) is 5.92 Å². The smallest absolute Gasteiger partial charge is 0.307 e. The van der Waals surface area contributed by atoms with Crippen LogP contribution < -0.4 is 0 Å². The Morgan fingerprint density at radius 1 is 1.27 bits per heavy atom. The molecular formula is C11H20N2O2. The third-order valence-corrected chi connectivity index (χ3v) is 3.68. The second-order valence-corrected chi connectivity index (χ2v) is 4.88. The predicted octanol–water partition coefficient (Wildman–Crippen LogP) is 0.487. The summed E-state index contributed by atoms with van der Waals surface area (Å²) in [6.45, 7) is 4.02. The lowest BCUT2D eigenvalue weighted by Gasteiger charge is -2.35. The van der Waals surface area contributed by atoms with E-state index in [1.165, 1.54) is 19.4 Å². The van der Waals surface area contributed by atoms with Crippen LogP contribution in [0.2, 0.25) is 0 Å². The molecule has 0 amide bonds. The van der Waals surface area contributed by atoms with E-state index in [0.29, 0.717) is 6.04 Å². The van der Waals surface area contributed by atoms with Gasteiger partial charge in [-0.2, -0.15) is 0 Å². The molecule has 0 bridgehead atoms. The van der Waals surface area contributed by atoms with Gasteiger partial charge in [-0.25, -0.2) is 0 Å². The van der Waals surface area contributed by atoms with Crippen molar-refractivity contribution in [2.75, 3.05) is 33.2 Å². The van der Waals surface area contributed by atoms with Crippen LogP contribution >= 0.6 is 0 Å². The van der Waals surface area contributed by atoms with Crippen LogP contribution in [0.5, 0.6) is 0 Å². The number of likely N-dealkylation sites (tertiary alicyclic amines) is 2. The summed E-state index contributed by atoms with van der Waals surface area (Å²) >= 11 is 0. The molecule has 2 aliphatic heterocycles. The SMILES string of the molecule is CN1CCCC(N2CCC(C(=O)O)C2)C1. The van der Waals surface area contributed by atoms with E-state index in [9.17, 15) is 4.79 Å². The van der Waals surface area contributed by atoms with Gasteiger partial charge in [0.15, 0.2) is 0 Å². The minimum atomic E-state index is -0.623. The molecule has 2 aliphatic rings. The van der Waals surface area contributed by atoms with Crippen molar-refractivity contribution in [3.05, 3.63) is 0 Å². The Hall–Kier alpha value is -0.610. The summed E-state index contributed by atoms with van der Waals surface area (Å²) in [5, 5.41) is 8.94. The fourth-order valence-electron chi connectivity index (χ4n) is 2.76. The molecule has 0 aliphatic carbocycles. The van der Waals surface area contributed by atoms with E-state index >= 15 is 0 Å². The maximum absolute atomic E-state index is 10.9. The molecule has 2 heterocycles. The van der Waals surface area contributed by atoms with E-state index in [1.54, 1.807) is 0 Å². The molecule has 1 N–H and O–H groups in total. The molecule has 4 nitrogen and oxygen atoms in total. The summed E-state index contributed by atoms with van der Waals surface area (Å²) in [5.41, 5.74) is 0. The third kappa shape index (κ3) is 2.49. The maximum atomic E-state index is 10.9. The Morgan fingerprint density at radius 3 is 2.67 bits per heavy atom. The molecular weight excluding hydrogens is 192 g/mol. The van der Waals surface area contributed by atoms with Crippen molar-refractivity contribution in [1.82, 2.24) is 9.80 Å². The van der Waals surface area contributed by atoms with Gasteiger partial charge < -0.3 is 10.0 Å². The van der Waals surface area contributed by atoms with Crippen LogP contribution in [-0.2, 0) is 4.79 Å². The molecule has 2 unspecified atom stereocenters. The van der Waals surface area contributed by atoms with Crippen molar-refractivity contribution in [3.8, 4) is 0 Å². The number of nitrogens with zero attached hydrogens (tertiary/aromatic N) is 2. The maximum Gasteiger partial charge on any atom is 0.307 e. The molecule has 0 spiro atoms. The number of piperidine rings is 1. The normalized spacial score (nSPS) is 34.5. The fraction of sp³-hybridized carbons (Fsp3) is 0.909. The molecule has 0 radical (unpaired) electrons. The van der Waals surface area contributed by atoms with E-state index in [-0.39, 0.29) is 5.92 Å². The molecule has 0 saturated carbocycles. The molecule has 2 fully saturated rings. The van der Waals surface area contributed by atoms with Crippen LogP contribution in [0, 0.1) is 5.92 Å². The van der Waals surface area contributed by atoms with E-state index in [1.807, 2.05) is 0 Å². The van der Waals surface area contributed by atoms with Crippen molar-refractivity contribution < 1.29 is 9.90 Å². The minimum absolute atomic E-state index is 0.128. The van der Waals surface area contributed by atoms with Gasteiger partial charge in [-0.05, 0) is 39.4 Å². The summed E-state index contributed by atoms with van der Waals surface area (Å²) in [4.78, 5) is 15.6. The van der Waals surface area contributed by atoms with Gasteiger partial charge in [-0.15, -0.1) is 0 Å². The Kier molecular flexibility index (Phi) is 3.26. The van der Waals surface area contributed by atoms with Gasteiger partial charge >= 0.3 is 5.97 Å². The first kappa shape index (κ1) is 10.9. The Balaban J connectivity index is 1.87. The van der Waals surface area contributed by atoms with Crippen molar-refractivity contribution in [1.29, 1.82) is 0 Å². The first-order chi connectivity index (χ1) is 7.16. The number of likely N-dealkylation sites (N-methyl/N-ethyl adjacent to an activating group) is 1. The molecule has 4 heteroatoms. The first-order valence-corrected chi connectivity index (χ1v) is 5.82. The van der Waals surface area contributed by atoms with Gasteiger partial charge in [0.25, 0.3) is 0 Å².